The maximum atomic E-state index is 12.2. The zero-order chi connectivity index (χ0) is 18.5. The summed E-state index contributed by atoms with van der Waals surface area (Å²) in [6.07, 6.45) is 3.43. The number of thioether (sulfide) groups is 1. The molecule has 0 unspecified atom stereocenters. The fourth-order valence-electron chi connectivity index (χ4n) is 2.40. The Morgan fingerprint density at radius 1 is 1.19 bits per heavy atom. The van der Waals surface area contributed by atoms with E-state index in [0.29, 0.717) is 27.9 Å². The molecular formula is C20H15NO3S2. The molecule has 0 spiro atoms. The van der Waals surface area contributed by atoms with Gasteiger partial charge in [0.05, 0.1) is 11.3 Å². The quantitative estimate of drug-likeness (QED) is 0.253. The summed E-state index contributed by atoms with van der Waals surface area (Å²) in [4.78, 5) is 26.1. The summed E-state index contributed by atoms with van der Waals surface area (Å²) >= 11 is 6.25. The average Bonchev–Trinajstić information content (AvgIpc) is 2.90. The number of carbonyl (C=O) groups is 2. The van der Waals surface area contributed by atoms with E-state index in [9.17, 15) is 9.59 Å². The van der Waals surface area contributed by atoms with Crippen LogP contribution in [0.5, 0.6) is 5.75 Å². The number of benzene rings is 2. The van der Waals surface area contributed by atoms with Crippen LogP contribution in [0.2, 0.25) is 0 Å². The Hall–Kier alpha value is -2.70. The van der Waals surface area contributed by atoms with Crippen molar-refractivity contribution in [3.05, 3.63) is 84.1 Å². The second-order valence-corrected chi connectivity index (χ2v) is 7.02. The van der Waals surface area contributed by atoms with Gasteiger partial charge >= 0.3 is 5.97 Å². The van der Waals surface area contributed by atoms with Gasteiger partial charge in [-0.25, -0.2) is 4.79 Å². The zero-order valence-electron chi connectivity index (χ0n) is 13.8. The maximum Gasteiger partial charge on any atom is 0.343 e. The van der Waals surface area contributed by atoms with Crippen molar-refractivity contribution in [1.82, 2.24) is 4.90 Å². The van der Waals surface area contributed by atoms with Crippen molar-refractivity contribution in [1.29, 1.82) is 0 Å². The predicted molar refractivity (Wildman–Crippen MR) is 108 cm³/mol. The van der Waals surface area contributed by atoms with E-state index in [-0.39, 0.29) is 5.12 Å². The Morgan fingerprint density at radius 3 is 2.69 bits per heavy atom. The average molecular weight is 381 g/mol. The molecule has 0 saturated carbocycles. The summed E-state index contributed by atoms with van der Waals surface area (Å²) < 4.78 is 5.92. The van der Waals surface area contributed by atoms with Crippen LogP contribution >= 0.6 is 24.0 Å². The Kier molecular flexibility index (Phi) is 5.65. The molecule has 0 radical (unpaired) electrons. The number of hydrogen-bond acceptors (Lipinski definition) is 5. The molecule has 2 aromatic rings. The topological polar surface area (TPSA) is 46.6 Å². The lowest BCUT2D eigenvalue weighted by molar-refractivity contribution is -0.108. The van der Waals surface area contributed by atoms with Crippen molar-refractivity contribution in [3.63, 3.8) is 0 Å². The third-order valence-corrected chi connectivity index (χ3v) is 4.85. The van der Waals surface area contributed by atoms with E-state index in [2.05, 4.69) is 6.58 Å². The van der Waals surface area contributed by atoms with Crippen LogP contribution in [-0.2, 0) is 4.79 Å². The Balaban J connectivity index is 1.83. The summed E-state index contributed by atoms with van der Waals surface area (Å²) in [6.45, 7) is 4.16. The van der Waals surface area contributed by atoms with Crippen LogP contribution in [0.25, 0.3) is 6.08 Å². The second kappa shape index (κ2) is 8.12. The van der Waals surface area contributed by atoms with E-state index in [1.54, 1.807) is 59.5 Å². The van der Waals surface area contributed by atoms with Crippen LogP contribution in [0, 0.1) is 0 Å². The molecule has 0 amide bonds. The summed E-state index contributed by atoms with van der Waals surface area (Å²) in [7, 11) is 0. The van der Waals surface area contributed by atoms with Gasteiger partial charge in [-0.05, 0) is 47.7 Å². The molecule has 1 saturated heterocycles. The normalized spacial score (nSPS) is 15.4. The summed E-state index contributed by atoms with van der Waals surface area (Å²) in [5, 5.41) is -0.108. The van der Waals surface area contributed by atoms with Crippen molar-refractivity contribution in [2.45, 2.75) is 0 Å². The number of ether oxygens (including phenoxy) is 1. The number of thiocarbonyl (C=S) groups is 1. The molecule has 26 heavy (non-hydrogen) atoms. The lowest BCUT2D eigenvalue weighted by Gasteiger charge is -2.15. The van der Waals surface area contributed by atoms with Crippen molar-refractivity contribution in [2.75, 3.05) is 6.54 Å². The molecule has 1 aliphatic rings. The van der Waals surface area contributed by atoms with Gasteiger partial charge in [0.15, 0.2) is 0 Å². The first-order valence-electron chi connectivity index (χ1n) is 7.82. The summed E-state index contributed by atoms with van der Waals surface area (Å²) in [5.41, 5.74) is 1.71. The molecule has 6 heteroatoms. The smallest absolute Gasteiger partial charge is 0.343 e. The first-order valence-corrected chi connectivity index (χ1v) is 9.04. The fraction of sp³-hybridized carbons (Fsp3) is 0.0500. The highest BCUT2D eigenvalue weighted by molar-refractivity contribution is 8.33. The van der Waals surface area contributed by atoms with E-state index in [1.807, 2.05) is 12.1 Å². The van der Waals surface area contributed by atoms with Gasteiger partial charge in [0, 0.05) is 6.54 Å². The number of nitrogens with zero attached hydrogens (tertiary/aromatic N) is 1. The van der Waals surface area contributed by atoms with Gasteiger partial charge in [-0.2, -0.15) is 0 Å². The number of hydrogen-bond donors (Lipinski definition) is 0. The maximum absolute atomic E-state index is 12.2. The number of carbonyl (C=O) groups excluding carboxylic acids is 2. The van der Waals surface area contributed by atoms with Gasteiger partial charge in [0.2, 0.25) is 5.12 Å². The molecule has 2 aromatic carbocycles. The van der Waals surface area contributed by atoms with Crippen LogP contribution in [0.15, 0.2) is 72.9 Å². The van der Waals surface area contributed by atoms with E-state index in [0.717, 1.165) is 17.3 Å². The van der Waals surface area contributed by atoms with Crippen molar-refractivity contribution in [2.24, 2.45) is 0 Å². The van der Waals surface area contributed by atoms with Crippen LogP contribution in [-0.4, -0.2) is 26.8 Å². The van der Waals surface area contributed by atoms with Crippen LogP contribution in [0.1, 0.15) is 15.9 Å². The highest BCUT2D eigenvalue weighted by Crippen LogP contribution is 2.31. The third kappa shape index (κ3) is 4.09. The van der Waals surface area contributed by atoms with Crippen LogP contribution in [0.3, 0.4) is 0 Å². The SMILES string of the molecule is C=CCN1C(=S)SC(=O)/C1=C\c1cccc(OC(=O)c2ccccc2)c1. The molecule has 0 bridgehead atoms. The lowest BCUT2D eigenvalue weighted by atomic mass is 10.1. The highest BCUT2D eigenvalue weighted by Gasteiger charge is 2.30. The van der Waals surface area contributed by atoms with E-state index in [4.69, 9.17) is 17.0 Å². The minimum Gasteiger partial charge on any atom is -0.423 e. The molecule has 130 valence electrons. The zero-order valence-corrected chi connectivity index (χ0v) is 15.4. The first-order chi connectivity index (χ1) is 12.6. The minimum atomic E-state index is -0.433. The van der Waals surface area contributed by atoms with Gasteiger partial charge in [-0.3, -0.25) is 4.79 Å². The first kappa shape index (κ1) is 18.1. The Labute approximate surface area is 161 Å². The fourth-order valence-corrected chi connectivity index (χ4v) is 3.52. The monoisotopic (exact) mass is 381 g/mol. The molecule has 0 aromatic heterocycles. The highest BCUT2D eigenvalue weighted by atomic mass is 32.2. The summed E-state index contributed by atoms with van der Waals surface area (Å²) in [5.74, 6) is -0.0264. The molecular weight excluding hydrogens is 366 g/mol. The second-order valence-electron chi connectivity index (χ2n) is 5.41. The van der Waals surface area contributed by atoms with E-state index >= 15 is 0 Å². The van der Waals surface area contributed by atoms with Gasteiger partial charge in [0.1, 0.15) is 10.1 Å². The van der Waals surface area contributed by atoms with Gasteiger partial charge in [-0.15, -0.1) is 6.58 Å². The van der Waals surface area contributed by atoms with Crippen LogP contribution < -0.4 is 4.74 Å². The van der Waals surface area contributed by atoms with Crippen molar-refractivity contribution >= 4 is 45.5 Å². The Bertz CT molecular complexity index is 906. The lowest BCUT2D eigenvalue weighted by Crippen LogP contribution is -2.21. The standard InChI is InChI=1S/C20H15NO3S2/c1-2-11-21-17(19(23)26-20(21)25)13-14-7-6-10-16(12-14)24-18(22)15-8-4-3-5-9-15/h2-10,12-13H,1,11H2/b17-13+. The molecule has 3 rings (SSSR count). The predicted octanol–water partition coefficient (Wildman–Crippen LogP) is 4.29. The molecule has 4 nitrogen and oxygen atoms in total. The molecule has 0 N–H and O–H groups in total. The van der Waals surface area contributed by atoms with Gasteiger partial charge < -0.3 is 9.64 Å². The Morgan fingerprint density at radius 2 is 1.96 bits per heavy atom. The molecule has 0 atom stereocenters. The summed E-state index contributed by atoms with van der Waals surface area (Å²) in [6, 6.07) is 15.8. The van der Waals surface area contributed by atoms with E-state index in [1.165, 1.54) is 0 Å². The molecule has 1 fully saturated rings. The van der Waals surface area contributed by atoms with E-state index < -0.39 is 5.97 Å². The van der Waals surface area contributed by atoms with Gasteiger partial charge in [-0.1, -0.05) is 48.6 Å². The van der Waals surface area contributed by atoms with Gasteiger partial charge in [0.25, 0.3) is 0 Å². The minimum absolute atomic E-state index is 0.108. The molecule has 0 aliphatic carbocycles. The van der Waals surface area contributed by atoms with Crippen LogP contribution in [0.4, 0.5) is 0 Å². The largest absolute Gasteiger partial charge is 0.423 e. The number of esters is 1. The van der Waals surface area contributed by atoms with Crippen molar-refractivity contribution < 1.29 is 14.3 Å². The third-order valence-electron chi connectivity index (χ3n) is 3.59. The molecule has 1 heterocycles. The molecule has 1 aliphatic heterocycles. The van der Waals surface area contributed by atoms with Crippen molar-refractivity contribution in [3.8, 4) is 5.75 Å². The number of rotatable bonds is 5.